The Balaban J connectivity index is 1.60. The highest BCUT2D eigenvalue weighted by molar-refractivity contribution is 7.12. The van der Waals surface area contributed by atoms with Crippen molar-refractivity contribution in [2.24, 2.45) is 7.05 Å². The van der Waals surface area contributed by atoms with Crippen molar-refractivity contribution in [2.45, 2.75) is 20.3 Å². The molecule has 0 atom stereocenters. The van der Waals surface area contributed by atoms with Gasteiger partial charge in [0.15, 0.2) is 5.82 Å². The van der Waals surface area contributed by atoms with Gasteiger partial charge in [0.1, 0.15) is 16.9 Å². The number of fused-ring (bicyclic) bond motifs is 1. The van der Waals surface area contributed by atoms with Crippen molar-refractivity contribution in [3.05, 3.63) is 33.9 Å². The average Bonchev–Trinajstić information content (AvgIpc) is 3.29. The number of aromatic nitrogens is 4. The number of amides is 1. The first kappa shape index (κ1) is 17.0. The molecule has 1 fully saturated rings. The van der Waals surface area contributed by atoms with Crippen LogP contribution in [0.3, 0.4) is 0 Å². The van der Waals surface area contributed by atoms with E-state index in [9.17, 15) is 4.79 Å². The summed E-state index contributed by atoms with van der Waals surface area (Å²) < 4.78 is 1.86. The zero-order chi connectivity index (χ0) is 18.3. The van der Waals surface area contributed by atoms with Gasteiger partial charge in [-0.25, -0.2) is 9.97 Å². The Morgan fingerprint density at radius 1 is 1.23 bits per heavy atom. The number of nitrogens with zero attached hydrogens (tertiary/aromatic N) is 6. The van der Waals surface area contributed by atoms with E-state index in [0.29, 0.717) is 13.1 Å². The molecule has 1 saturated heterocycles. The van der Waals surface area contributed by atoms with Crippen LogP contribution in [0.4, 0.5) is 5.82 Å². The minimum absolute atomic E-state index is 0.123. The molecule has 8 heteroatoms. The average molecular weight is 370 g/mol. The molecule has 0 bridgehead atoms. The highest BCUT2D eigenvalue weighted by atomic mass is 32.1. The van der Waals surface area contributed by atoms with Crippen LogP contribution in [0.15, 0.2) is 17.5 Å². The Morgan fingerprint density at radius 3 is 2.65 bits per heavy atom. The summed E-state index contributed by atoms with van der Waals surface area (Å²) in [5.74, 6) is 1.89. The monoisotopic (exact) mass is 370 g/mol. The second-order valence-corrected chi connectivity index (χ2v) is 7.43. The molecule has 0 unspecified atom stereocenters. The first-order chi connectivity index (χ1) is 12.6. The van der Waals surface area contributed by atoms with E-state index in [1.165, 1.54) is 11.3 Å². The van der Waals surface area contributed by atoms with Gasteiger partial charge in [0.2, 0.25) is 0 Å². The summed E-state index contributed by atoms with van der Waals surface area (Å²) in [6.07, 6.45) is 0.786. The molecule has 1 amide bonds. The van der Waals surface area contributed by atoms with Crippen molar-refractivity contribution in [1.82, 2.24) is 24.6 Å². The van der Waals surface area contributed by atoms with E-state index >= 15 is 0 Å². The lowest BCUT2D eigenvalue weighted by molar-refractivity contribution is 0.0751. The fraction of sp³-hybridized carbons (Fsp3) is 0.444. The van der Waals surface area contributed by atoms with Gasteiger partial charge in [0.25, 0.3) is 5.91 Å². The van der Waals surface area contributed by atoms with Gasteiger partial charge in [0, 0.05) is 39.6 Å². The summed E-state index contributed by atoms with van der Waals surface area (Å²) in [6, 6.07) is 3.81. The maximum Gasteiger partial charge on any atom is 0.264 e. The standard InChI is InChI=1S/C18H22N6OS/c1-4-14-19-15-12(2)21-22(3)16(15)17(20-14)23-7-9-24(10-8-23)18(25)13-6-5-11-26-13/h5-6,11H,4,7-10H2,1-3H3. The van der Waals surface area contributed by atoms with Gasteiger partial charge in [-0.15, -0.1) is 11.3 Å². The van der Waals surface area contributed by atoms with Crippen LogP contribution in [-0.2, 0) is 13.5 Å². The smallest absolute Gasteiger partial charge is 0.264 e. The SMILES string of the molecule is CCc1nc(N2CCN(C(=O)c3cccs3)CC2)c2c(n1)c(C)nn2C. The molecule has 3 aromatic rings. The minimum atomic E-state index is 0.123. The van der Waals surface area contributed by atoms with Gasteiger partial charge in [-0.1, -0.05) is 13.0 Å². The predicted molar refractivity (Wildman–Crippen MR) is 103 cm³/mol. The summed E-state index contributed by atoms with van der Waals surface area (Å²) in [5.41, 5.74) is 2.82. The van der Waals surface area contributed by atoms with Gasteiger partial charge in [-0.2, -0.15) is 5.10 Å². The van der Waals surface area contributed by atoms with Crippen LogP contribution in [0.2, 0.25) is 0 Å². The van der Waals surface area contributed by atoms with Crippen LogP contribution in [0.5, 0.6) is 0 Å². The Kier molecular flexibility index (Phi) is 4.36. The summed E-state index contributed by atoms with van der Waals surface area (Å²) in [7, 11) is 1.93. The van der Waals surface area contributed by atoms with Gasteiger partial charge >= 0.3 is 0 Å². The van der Waals surface area contributed by atoms with Gasteiger partial charge in [-0.3, -0.25) is 9.48 Å². The van der Waals surface area contributed by atoms with Crippen LogP contribution in [0.1, 0.15) is 28.1 Å². The van der Waals surface area contributed by atoms with Crippen molar-refractivity contribution >= 4 is 34.1 Å². The Labute approximate surface area is 156 Å². The van der Waals surface area contributed by atoms with Crippen LogP contribution >= 0.6 is 11.3 Å². The van der Waals surface area contributed by atoms with E-state index in [2.05, 4.69) is 21.9 Å². The van der Waals surface area contributed by atoms with E-state index < -0.39 is 0 Å². The lowest BCUT2D eigenvalue weighted by Gasteiger charge is -2.35. The molecule has 26 heavy (non-hydrogen) atoms. The van der Waals surface area contributed by atoms with E-state index in [0.717, 1.165) is 52.8 Å². The van der Waals surface area contributed by atoms with Crippen LogP contribution in [0, 0.1) is 6.92 Å². The molecule has 0 aromatic carbocycles. The van der Waals surface area contributed by atoms with Gasteiger partial charge < -0.3 is 9.80 Å². The largest absolute Gasteiger partial charge is 0.351 e. The molecular weight excluding hydrogens is 348 g/mol. The maximum absolute atomic E-state index is 12.6. The number of aryl methyl sites for hydroxylation is 3. The summed E-state index contributed by atoms with van der Waals surface area (Å²) in [4.78, 5) is 27.0. The number of hydrogen-bond acceptors (Lipinski definition) is 6. The third-order valence-electron chi connectivity index (χ3n) is 4.79. The van der Waals surface area contributed by atoms with Crippen LogP contribution in [-0.4, -0.2) is 56.7 Å². The zero-order valence-corrected chi connectivity index (χ0v) is 16.1. The van der Waals surface area contributed by atoms with E-state index in [1.54, 1.807) is 0 Å². The predicted octanol–water partition coefficient (Wildman–Crippen LogP) is 2.26. The summed E-state index contributed by atoms with van der Waals surface area (Å²) >= 11 is 1.50. The van der Waals surface area contributed by atoms with Crippen molar-refractivity contribution in [3.8, 4) is 0 Å². The molecule has 136 valence electrons. The molecule has 3 aromatic heterocycles. The number of thiophene rings is 1. The third-order valence-corrected chi connectivity index (χ3v) is 5.65. The quantitative estimate of drug-likeness (QED) is 0.707. The number of carbonyl (C=O) groups is 1. The molecule has 1 aliphatic heterocycles. The van der Waals surface area contributed by atoms with Crippen molar-refractivity contribution in [1.29, 1.82) is 0 Å². The maximum atomic E-state index is 12.6. The zero-order valence-electron chi connectivity index (χ0n) is 15.3. The number of piperazine rings is 1. The second kappa shape index (κ2) is 6.68. The molecule has 0 spiro atoms. The van der Waals surface area contributed by atoms with E-state index in [1.807, 2.05) is 41.1 Å². The molecular formula is C18H22N6OS. The van der Waals surface area contributed by atoms with Gasteiger partial charge in [-0.05, 0) is 18.4 Å². The van der Waals surface area contributed by atoms with Crippen molar-refractivity contribution < 1.29 is 4.79 Å². The fourth-order valence-corrected chi connectivity index (χ4v) is 4.11. The lowest BCUT2D eigenvalue weighted by Crippen LogP contribution is -2.49. The number of hydrogen-bond donors (Lipinski definition) is 0. The molecule has 0 radical (unpaired) electrons. The lowest BCUT2D eigenvalue weighted by atomic mass is 10.2. The van der Waals surface area contributed by atoms with Crippen molar-refractivity contribution in [2.75, 3.05) is 31.1 Å². The Hall–Kier alpha value is -2.48. The highest BCUT2D eigenvalue weighted by Crippen LogP contribution is 2.27. The first-order valence-corrected chi connectivity index (χ1v) is 9.74. The van der Waals surface area contributed by atoms with Crippen LogP contribution < -0.4 is 4.90 Å². The third kappa shape index (κ3) is 2.84. The normalized spacial score (nSPS) is 15.0. The summed E-state index contributed by atoms with van der Waals surface area (Å²) in [5, 5.41) is 6.46. The number of rotatable bonds is 3. The highest BCUT2D eigenvalue weighted by Gasteiger charge is 2.26. The molecule has 0 aliphatic carbocycles. The molecule has 0 saturated carbocycles. The number of anilines is 1. The molecule has 7 nitrogen and oxygen atoms in total. The second-order valence-electron chi connectivity index (χ2n) is 6.48. The van der Waals surface area contributed by atoms with E-state index in [4.69, 9.17) is 4.98 Å². The Morgan fingerprint density at radius 2 is 2.00 bits per heavy atom. The molecule has 0 N–H and O–H groups in total. The number of carbonyl (C=O) groups excluding carboxylic acids is 1. The van der Waals surface area contributed by atoms with Crippen molar-refractivity contribution in [3.63, 3.8) is 0 Å². The minimum Gasteiger partial charge on any atom is -0.351 e. The Bertz CT molecular complexity index is 940. The van der Waals surface area contributed by atoms with Crippen LogP contribution in [0.25, 0.3) is 11.0 Å². The topological polar surface area (TPSA) is 67.2 Å². The molecule has 1 aliphatic rings. The first-order valence-electron chi connectivity index (χ1n) is 8.86. The summed E-state index contributed by atoms with van der Waals surface area (Å²) in [6.45, 7) is 6.96. The van der Waals surface area contributed by atoms with Gasteiger partial charge in [0.05, 0.1) is 10.6 Å². The van der Waals surface area contributed by atoms with E-state index in [-0.39, 0.29) is 5.91 Å². The molecule has 4 heterocycles. The molecule has 4 rings (SSSR count). The fourth-order valence-electron chi connectivity index (χ4n) is 3.42.